The number of carbonyl (C=O) groups is 2. The summed E-state index contributed by atoms with van der Waals surface area (Å²) in [6.07, 6.45) is 0. The van der Waals surface area contributed by atoms with Crippen molar-refractivity contribution in [1.29, 1.82) is 0 Å². The fourth-order valence-electron chi connectivity index (χ4n) is 3.42. The topological polar surface area (TPSA) is 102 Å². The van der Waals surface area contributed by atoms with E-state index in [4.69, 9.17) is 16.3 Å². The number of esters is 1. The fourth-order valence-corrected chi connectivity index (χ4v) is 4.87. The molecule has 0 bridgehead atoms. The number of amides is 2. The highest BCUT2D eigenvalue weighted by Crippen LogP contribution is 2.30. The highest BCUT2D eigenvalue weighted by Gasteiger charge is 2.35. The number of hydrogen-bond acceptors (Lipinski definition) is 5. The summed E-state index contributed by atoms with van der Waals surface area (Å²) in [5.74, 6) is -1.31. The van der Waals surface area contributed by atoms with Crippen molar-refractivity contribution in [3.05, 3.63) is 76.0 Å². The number of ether oxygens (including phenoxy) is 1. The molecule has 1 aliphatic heterocycles. The maximum atomic E-state index is 13.1. The lowest BCUT2D eigenvalue weighted by molar-refractivity contribution is -0.136. The van der Waals surface area contributed by atoms with Gasteiger partial charge in [0, 0.05) is 10.7 Å². The number of rotatable bonds is 5. The first-order chi connectivity index (χ1) is 14.9. The van der Waals surface area contributed by atoms with Crippen molar-refractivity contribution in [2.24, 2.45) is 0 Å². The summed E-state index contributed by atoms with van der Waals surface area (Å²) < 4.78 is 31.2. The number of halogens is 1. The minimum atomic E-state index is -3.86. The Kier molecular flexibility index (Phi) is 6.67. The molecule has 0 unspecified atom stereocenters. The second-order valence-electron chi connectivity index (χ2n) is 8.50. The smallest absolute Gasteiger partial charge is 0.338 e. The van der Waals surface area contributed by atoms with Gasteiger partial charge in [0.05, 0.1) is 29.4 Å². The summed E-state index contributed by atoms with van der Waals surface area (Å²) in [6, 6.07) is 11.6. The van der Waals surface area contributed by atoms with Gasteiger partial charge in [0.2, 0.25) is 0 Å². The molecule has 1 atom stereocenters. The fraction of sp³-hybridized carbons (Fsp3) is 0.304. The second kappa shape index (κ2) is 8.96. The van der Waals surface area contributed by atoms with Gasteiger partial charge in [-0.2, -0.15) is 0 Å². The molecule has 7 nitrogen and oxygen atoms in total. The van der Waals surface area contributed by atoms with Gasteiger partial charge in [-0.3, -0.25) is 0 Å². The van der Waals surface area contributed by atoms with E-state index < -0.39 is 33.6 Å². The van der Waals surface area contributed by atoms with Crippen molar-refractivity contribution >= 4 is 33.4 Å². The summed E-state index contributed by atoms with van der Waals surface area (Å²) in [6.45, 7) is 6.10. The summed E-state index contributed by atoms with van der Waals surface area (Å²) in [4.78, 5) is 25.0. The highest BCUT2D eigenvalue weighted by atomic mass is 35.5. The molecule has 0 aliphatic carbocycles. The van der Waals surface area contributed by atoms with Gasteiger partial charge in [-0.1, -0.05) is 56.6 Å². The number of hydrogen-bond donors (Lipinski definition) is 2. The zero-order valence-electron chi connectivity index (χ0n) is 18.2. The lowest BCUT2D eigenvalue weighted by Crippen LogP contribution is -2.47. The quantitative estimate of drug-likeness (QED) is 0.637. The molecule has 0 fully saturated rings. The van der Waals surface area contributed by atoms with Crippen LogP contribution in [0, 0.1) is 0 Å². The number of benzene rings is 2. The van der Waals surface area contributed by atoms with E-state index >= 15 is 0 Å². The zero-order valence-corrected chi connectivity index (χ0v) is 19.8. The SMILES string of the molecule is COC(=O)C1=C(CS(=O)(=O)c2ccc(C(C)(C)C)cc2)NC(=O)N[C@@H]1c1ccc(Cl)cc1. The molecule has 9 heteroatoms. The lowest BCUT2D eigenvalue weighted by Gasteiger charge is -2.29. The van der Waals surface area contributed by atoms with Crippen molar-refractivity contribution in [2.75, 3.05) is 12.9 Å². The minimum Gasteiger partial charge on any atom is -0.466 e. The first kappa shape index (κ1) is 23.8. The summed E-state index contributed by atoms with van der Waals surface area (Å²) >= 11 is 5.95. The number of urea groups is 1. The Bertz CT molecular complexity index is 1160. The third kappa shape index (κ3) is 5.14. The minimum absolute atomic E-state index is 0.0179. The molecule has 1 aliphatic rings. The van der Waals surface area contributed by atoms with Crippen LogP contribution in [0.3, 0.4) is 0 Å². The van der Waals surface area contributed by atoms with Gasteiger partial charge in [-0.05, 0) is 40.8 Å². The van der Waals surface area contributed by atoms with Crippen LogP contribution in [0.15, 0.2) is 64.7 Å². The molecule has 32 heavy (non-hydrogen) atoms. The molecule has 0 saturated carbocycles. The molecular formula is C23H25ClN2O5S. The van der Waals surface area contributed by atoms with Crippen molar-refractivity contribution in [3.8, 4) is 0 Å². The Balaban J connectivity index is 2.04. The monoisotopic (exact) mass is 476 g/mol. The van der Waals surface area contributed by atoms with E-state index in [0.717, 1.165) is 5.56 Å². The van der Waals surface area contributed by atoms with Crippen LogP contribution in [-0.2, 0) is 24.8 Å². The van der Waals surface area contributed by atoms with Gasteiger partial charge in [-0.25, -0.2) is 18.0 Å². The summed E-state index contributed by atoms with van der Waals surface area (Å²) in [7, 11) is -2.67. The third-order valence-electron chi connectivity index (χ3n) is 5.18. The van der Waals surface area contributed by atoms with E-state index in [9.17, 15) is 18.0 Å². The van der Waals surface area contributed by atoms with Crippen LogP contribution >= 0.6 is 11.6 Å². The first-order valence-electron chi connectivity index (χ1n) is 9.90. The average Bonchev–Trinajstić information content (AvgIpc) is 2.72. The number of methoxy groups -OCH3 is 1. The normalized spacial score (nSPS) is 16.9. The molecule has 1 heterocycles. The summed E-state index contributed by atoms with van der Waals surface area (Å²) in [5.41, 5.74) is 1.42. The molecule has 2 amide bonds. The molecule has 0 spiro atoms. The van der Waals surface area contributed by atoms with Gasteiger partial charge in [0.25, 0.3) is 0 Å². The van der Waals surface area contributed by atoms with Gasteiger partial charge in [-0.15, -0.1) is 0 Å². The van der Waals surface area contributed by atoms with E-state index in [1.54, 1.807) is 36.4 Å². The Morgan fingerprint density at radius 3 is 2.19 bits per heavy atom. The lowest BCUT2D eigenvalue weighted by atomic mass is 9.87. The molecular weight excluding hydrogens is 452 g/mol. The number of nitrogens with one attached hydrogen (secondary N) is 2. The third-order valence-corrected chi connectivity index (χ3v) is 7.09. The van der Waals surface area contributed by atoms with E-state index in [-0.39, 0.29) is 21.6 Å². The second-order valence-corrected chi connectivity index (χ2v) is 10.9. The van der Waals surface area contributed by atoms with Crippen LogP contribution in [0.1, 0.15) is 37.9 Å². The maximum absolute atomic E-state index is 13.1. The van der Waals surface area contributed by atoms with Gasteiger partial charge < -0.3 is 15.4 Å². The molecule has 170 valence electrons. The van der Waals surface area contributed by atoms with Crippen LogP contribution < -0.4 is 10.6 Å². The van der Waals surface area contributed by atoms with Gasteiger partial charge in [0.15, 0.2) is 9.84 Å². The molecule has 2 aromatic rings. The van der Waals surface area contributed by atoms with Crippen LogP contribution in [0.2, 0.25) is 5.02 Å². The number of sulfone groups is 1. The highest BCUT2D eigenvalue weighted by molar-refractivity contribution is 7.91. The van der Waals surface area contributed by atoms with E-state index in [1.807, 2.05) is 20.8 Å². The van der Waals surface area contributed by atoms with Crippen molar-refractivity contribution in [1.82, 2.24) is 10.6 Å². The average molecular weight is 477 g/mol. The predicted molar refractivity (Wildman–Crippen MR) is 122 cm³/mol. The number of carbonyl (C=O) groups excluding carboxylic acids is 2. The van der Waals surface area contributed by atoms with Crippen LogP contribution in [-0.4, -0.2) is 33.3 Å². The molecule has 0 radical (unpaired) electrons. The van der Waals surface area contributed by atoms with Crippen LogP contribution in [0.5, 0.6) is 0 Å². The Morgan fingerprint density at radius 1 is 1.06 bits per heavy atom. The van der Waals surface area contributed by atoms with Crippen LogP contribution in [0.4, 0.5) is 4.79 Å². The van der Waals surface area contributed by atoms with Crippen molar-refractivity contribution in [2.45, 2.75) is 37.1 Å². The molecule has 0 aromatic heterocycles. The Hall–Kier alpha value is -2.84. The van der Waals surface area contributed by atoms with Gasteiger partial charge >= 0.3 is 12.0 Å². The first-order valence-corrected chi connectivity index (χ1v) is 11.9. The Morgan fingerprint density at radius 2 is 1.66 bits per heavy atom. The van der Waals surface area contributed by atoms with E-state index in [1.165, 1.54) is 19.2 Å². The van der Waals surface area contributed by atoms with E-state index in [0.29, 0.717) is 10.6 Å². The predicted octanol–water partition coefficient (Wildman–Crippen LogP) is 3.89. The molecule has 0 saturated heterocycles. The molecule has 2 N–H and O–H groups in total. The van der Waals surface area contributed by atoms with Crippen molar-refractivity contribution in [3.63, 3.8) is 0 Å². The molecule has 2 aromatic carbocycles. The summed E-state index contributed by atoms with van der Waals surface area (Å²) in [5, 5.41) is 5.61. The largest absolute Gasteiger partial charge is 0.466 e. The zero-order chi connectivity index (χ0) is 23.7. The van der Waals surface area contributed by atoms with Crippen molar-refractivity contribution < 1.29 is 22.7 Å². The molecule has 3 rings (SSSR count). The maximum Gasteiger partial charge on any atom is 0.338 e. The van der Waals surface area contributed by atoms with Gasteiger partial charge in [0.1, 0.15) is 0 Å². The van der Waals surface area contributed by atoms with Crippen LogP contribution in [0.25, 0.3) is 0 Å². The van der Waals surface area contributed by atoms with E-state index in [2.05, 4.69) is 10.6 Å². The Labute approximate surface area is 192 Å². The standard InChI is InChI=1S/C23H25ClN2O5S/c1-23(2,3)15-7-11-17(12-8-15)32(29,30)13-18-19(21(27)31-4)20(26-22(28)25-18)14-5-9-16(24)10-6-14/h5-12,20H,13H2,1-4H3,(H2,25,26,28)/t20-/m1/s1.